The second kappa shape index (κ2) is 9.75. The zero-order chi connectivity index (χ0) is 25.7. The third-order valence-electron chi connectivity index (χ3n) is 3.60. The zero-order valence-electron chi connectivity index (χ0n) is 15.7. The highest BCUT2D eigenvalue weighted by Crippen LogP contribution is 2.29. The Balaban J connectivity index is 6.00. The Morgan fingerprint density at radius 1 is 0.625 bits per heavy atom. The van der Waals surface area contributed by atoms with Crippen LogP contribution in [-0.2, 0) is 14.2 Å². The van der Waals surface area contributed by atoms with Crippen LogP contribution in [0.1, 0.15) is 13.8 Å². The summed E-state index contributed by atoms with van der Waals surface area (Å²) in [6.07, 6.45) is 0. The van der Waals surface area contributed by atoms with Crippen molar-refractivity contribution in [3.8, 4) is 0 Å². The molecule has 0 heterocycles. The first kappa shape index (κ1) is 28.5. The minimum Gasteiger partial charge on any atom is -0.298 e. The average Bonchev–Trinajstić information content (AvgIpc) is 2.67. The molecular formula is C9H12ClFN6O15. The molecule has 0 aliphatic carbocycles. The molecule has 21 nitrogen and oxygen atoms in total. The molecule has 0 fully saturated rings. The van der Waals surface area contributed by atoms with E-state index in [1.807, 2.05) is 0 Å². The van der Waals surface area contributed by atoms with Crippen molar-refractivity contribution in [1.29, 1.82) is 0 Å². The van der Waals surface area contributed by atoms with Crippen LogP contribution < -0.4 is 0 Å². The van der Waals surface area contributed by atoms with Gasteiger partial charge < -0.3 is 0 Å². The molecule has 0 saturated carbocycles. The number of ether oxygens (including phenoxy) is 3. The lowest BCUT2D eigenvalue weighted by Gasteiger charge is -2.28. The predicted molar refractivity (Wildman–Crippen MR) is 89.1 cm³/mol. The van der Waals surface area contributed by atoms with Crippen molar-refractivity contribution < 1.29 is 48.1 Å². The van der Waals surface area contributed by atoms with Crippen LogP contribution >= 0.6 is 11.6 Å². The topological polar surface area (TPSA) is 287 Å². The molecule has 182 valence electrons. The van der Waals surface area contributed by atoms with Gasteiger partial charge in [0.2, 0.25) is 6.61 Å². The van der Waals surface area contributed by atoms with Gasteiger partial charge >= 0.3 is 22.7 Å². The second-order valence-corrected chi connectivity index (χ2v) is 6.51. The van der Waals surface area contributed by atoms with Crippen LogP contribution in [0.5, 0.6) is 0 Å². The highest BCUT2D eigenvalue weighted by Gasteiger charge is 2.62. The van der Waals surface area contributed by atoms with Crippen LogP contribution in [0.3, 0.4) is 0 Å². The first-order valence-corrected chi connectivity index (χ1v) is 7.83. The summed E-state index contributed by atoms with van der Waals surface area (Å²) < 4.78 is 26.9. The van der Waals surface area contributed by atoms with Crippen molar-refractivity contribution in [1.82, 2.24) is 0 Å². The van der Waals surface area contributed by atoms with Gasteiger partial charge in [0, 0.05) is 0 Å². The number of hydrogen-bond donors (Lipinski definition) is 0. The van der Waals surface area contributed by atoms with Gasteiger partial charge in [-0.25, -0.2) is 0 Å². The molecule has 0 unspecified atom stereocenters. The number of rotatable bonds is 15. The summed E-state index contributed by atoms with van der Waals surface area (Å²) in [5.41, 5.74) is -10.1. The molecule has 0 atom stereocenters. The van der Waals surface area contributed by atoms with Crippen LogP contribution in [0.25, 0.3) is 0 Å². The maximum Gasteiger partial charge on any atom is 0.637 e. The fourth-order valence-electron chi connectivity index (χ4n) is 1.27. The molecule has 0 radical (unpaired) electrons. The quantitative estimate of drug-likeness (QED) is 0.0911. The van der Waals surface area contributed by atoms with E-state index in [4.69, 9.17) is 11.6 Å². The average molecular weight is 499 g/mol. The number of alkyl halides is 2. The van der Waals surface area contributed by atoms with Gasteiger partial charge in [-0.3, -0.25) is 74.9 Å². The van der Waals surface area contributed by atoms with Gasteiger partial charge in [-0.15, -0.1) is 0 Å². The zero-order valence-corrected chi connectivity index (χ0v) is 16.4. The standard InChI is InChI=1S/C9H12ClFN6O15/c1-6(12(18)19,13(20)21)3-30-9(10,31-4-7(2,14(22)23)15(24)25)32-5-8(11,16(26)27)17(28)29/h3-5H2,1-2H3. The molecule has 0 rings (SSSR count). The van der Waals surface area contributed by atoms with E-state index in [0.717, 1.165) is 0 Å². The second-order valence-electron chi connectivity index (χ2n) is 6.04. The minimum absolute atomic E-state index is 0.357. The summed E-state index contributed by atoms with van der Waals surface area (Å²) in [4.78, 5) is 54.6. The number of nitro groups is 6. The molecule has 0 bridgehead atoms. The maximum absolute atomic E-state index is 13.9. The lowest BCUT2D eigenvalue weighted by Crippen LogP contribution is -2.54. The van der Waals surface area contributed by atoms with Crippen molar-refractivity contribution >= 4 is 11.6 Å². The van der Waals surface area contributed by atoms with Gasteiger partial charge in [-0.1, -0.05) is 4.39 Å². The molecule has 0 amide bonds. The van der Waals surface area contributed by atoms with Gasteiger partial charge in [-0.2, -0.15) is 0 Å². The van der Waals surface area contributed by atoms with E-state index in [-0.39, 0.29) is 0 Å². The lowest BCUT2D eigenvalue weighted by atomic mass is 10.2. The van der Waals surface area contributed by atoms with E-state index in [9.17, 15) is 65.1 Å². The van der Waals surface area contributed by atoms with Crippen molar-refractivity contribution in [2.24, 2.45) is 0 Å². The molecule has 0 aromatic rings. The van der Waals surface area contributed by atoms with Crippen LogP contribution in [0, 0.1) is 60.7 Å². The summed E-state index contributed by atoms with van der Waals surface area (Å²) >= 11 is 5.52. The molecule has 0 aliphatic heterocycles. The van der Waals surface area contributed by atoms with Crippen molar-refractivity contribution in [3.05, 3.63) is 60.7 Å². The Morgan fingerprint density at radius 2 is 0.875 bits per heavy atom. The van der Waals surface area contributed by atoms with Crippen LogP contribution in [-0.4, -0.2) is 72.0 Å². The third-order valence-corrected chi connectivity index (χ3v) is 3.92. The highest BCUT2D eigenvalue weighted by molar-refractivity contribution is 6.20. The molecule has 32 heavy (non-hydrogen) atoms. The number of nitrogens with zero attached hydrogens (tertiary/aromatic N) is 6. The summed E-state index contributed by atoms with van der Waals surface area (Å²) in [5, 5.41) is 64.8. The molecule has 0 aromatic heterocycles. The summed E-state index contributed by atoms with van der Waals surface area (Å²) in [6, 6.07) is 0. The lowest BCUT2D eigenvalue weighted by molar-refractivity contribution is -0.835. The molecule has 0 N–H and O–H groups in total. The van der Waals surface area contributed by atoms with E-state index in [2.05, 4.69) is 14.2 Å². The summed E-state index contributed by atoms with van der Waals surface area (Å²) in [5.74, 6) is -4.63. The van der Waals surface area contributed by atoms with E-state index >= 15 is 0 Å². The van der Waals surface area contributed by atoms with E-state index in [1.165, 1.54) is 0 Å². The molecule has 0 aromatic carbocycles. The Labute approximate surface area is 177 Å². The van der Waals surface area contributed by atoms with Gasteiger partial charge in [0.1, 0.15) is 29.5 Å². The smallest absolute Gasteiger partial charge is 0.298 e. The minimum atomic E-state index is -4.63. The first-order chi connectivity index (χ1) is 14.3. The first-order valence-electron chi connectivity index (χ1n) is 7.45. The Kier molecular flexibility index (Phi) is 8.69. The van der Waals surface area contributed by atoms with E-state index < -0.39 is 72.0 Å². The fourth-order valence-corrected chi connectivity index (χ4v) is 1.43. The third kappa shape index (κ3) is 6.02. The largest absolute Gasteiger partial charge is 0.637 e. The van der Waals surface area contributed by atoms with E-state index in [0.29, 0.717) is 13.8 Å². The summed E-state index contributed by atoms with van der Waals surface area (Å²) in [7, 11) is 0. The van der Waals surface area contributed by atoms with Crippen LogP contribution in [0.4, 0.5) is 4.39 Å². The van der Waals surface area contributed by atoms with Crippen LogP contribution in [0.15, 0.2) is 0 Å². The monoisotopic (exact) mass is 498 g/mol. The molecule has 23 heteroatoms. The van der Waals surface area contributed by atoms with E-state index in [1.54, 1.807) is 0 Å². The van der Waals surface area contributed by atoms with Gasteiger partial charge in [0.15, 0.2) is 13.2 Å². The number of halogens is 2. The van der Waals surface area contributed by atoms with Gasteiger partial charge in [0.05, 0.1) is 13.8 Å². The van der Waals surface area contributed by atoms with Crippen molar-refractivity contribution in [2.45, 2.75) is 36.5 Å². The molecule has 0 saturated heterocycles. The molecular weight excluding hydrogens is 487 g/mol. The molecule has 0 spiro atoms. The summed E-state index contributed by atoms with van der Waals surface area (Å²) in [6.45, 7) is -5.00. The number of hydrogen-bond acceptors (Lipinski definition) is 15. The Morgan fingerprint density at radius 3 is 1.09 bits per heavy atom. The SMILES string of the molecule is CC(COC(Cl)(OCC(C)([N+](=O)[O-])[N+](=O)[O-])OCC(F)([N+](=O)[O-])[N+](=O)[O-])([N+](=O)[O-])[N+](=O)[O-]. The van der Waals surface area contributed by atoms with Gasteiger partial charge in [0.25, 0.3) is 0 Å². The Bertz CT molecular complexity index is 679. The highest BCUT2D eigenvalue weighted by atomic mass is 35.5. The van der Waals surface area contributed by atoms with Crippen LogP contribution in [0.2, 0.25) is 0 Å². The predicted octanol–water partition coefficient (Wildman–Crippen LogP) is -0.398. The van der Waals surface area contributed by atoms with Crippen molar-refractivity contribution in [3.63, 3.8) is 0 Å². The maximum atomic E-state index is 13.9. The fraction of sp³-hybridized carbons (Fsp3) is 1.00. The molecule has 0 aliphatic rings. The van der Waals surface area contributed by atoms with Crippen molar-refractivity contribution in [2.75, 3.05) is 19.8 Å². The van der Waals surface area contributed by atoms with Gasteiger partial charge in [-0.05, 0) is 11.6 Å². The normalized spacial score (nSPS) is 12.8. The Hall–Kier alpha value is -3.50.